The van der Waals surface area contributed by atoms with E-state index in [-0.39, 0.29) is 24.4 Å². The monoisotopic (exact) mass is 555 g/mol. The van der Waals surface area contributed by atoms with Gasteiger partial charge in [-0.1, -0.05) is 12.1 Å². The minimum absolute atomic E-state index is 0. The van der Waals surface area contributed by atoms with Crippen molar-refractivity contribution < 1.29 is 19.0 Å². The molecule has 5 rings (SSSR count). The Balaban J connectivity index is 0.00000336. The van der Waals surface area contributed by atoms with Crippen LogP contribution >= 0.6 is 23.7 Å². The van der Waals surface area contributed by atoms with E-state index in [1.165, 1.54) is 0 Å². The number of anilines is 1. The van der Waals surface area contributed by atoms with Crippen molar-refractivity contribution in [3.05, 3.63) is 76.8 Å². The number of nitrogens with one attached hydrogen (secondary N) is 2. The van der Waals surface area contributed by atoms with E-state index in [1.54, 1.807) is 11.3 Å². The van der Waals surface area contributed by atoms with E-state index >= 15 is 0 Å². The van der Waals surface area contributed by atoms with Crippen LogP contribution in [0.2, 0.25) is 0 Å². The number of thiophene rings is 1. The van der Waals surface area contributed by atoms with Crippen molar-refractivity contribution >= 4 is 45.6 Å². The van der Waals surface area contributed by atoms with Gasteiger partial charge in [-0.25, -0.2) is 0 Å². The van der Waals surface area contributed by atoms with Gasteiger partial charge in [0.2, 0.25) is 0 Å². The molecule has 0 atom stereocenters. The predicted octanol–water partition coefficient (Wildman–Crippen LogP) is 6.16. The van der Waals surface area contributed by atoms with Crippen molar-refractivity contribution in [2.75, 3.05) is 25.0 Å². The van der Waals surface area contributed by atoms with Gasteiger partial charge >= 0.3 is 0 Å². The fourth-order valence-electron chi connectivity index (χ4n) is 4.60. The van der Waals surface area contributed by atoms with Gasteiger partial charge in [0.1, 0.15) is 29.9 Å². The first-order chi connectivity index (χ1) is 18.1. The second-order valence-corrected chi connectivity index (χ2v) is 10.1. The number of nitrogens with zero attached hydrogens (tertiary/aromatic N) is 1. The van der Waals surface area contributed by atoms with Crippen LogP contribution in [0, 0.1) is 0 Å². The molecule has 38 heavy (non-hydrogen) atoms. The van der Waals surface area contributed by atoms with Crippen molar-refractivity contribution in [3.63, 3.8) is 0 Å². The van der Waals surface area contributed by atoms with Crippen LogP contribution < -0.4 is 20.1 Å². The molecule has 0 bridgehead atoms. The Morgan fingerprint density at radius 3 is 2.58 bits per heavy atom. The van der Waals surface area contributed by atoms with E-state index in [1.807, 2.05) is 78.5 Å². The van der Waals surface area contributed by atoms with Crippen molar-refractivity contribution in [1.29, 1.82) is 0 Å². The summed E-state index contributed by atoms with van der Waals surface area (Å²) in [6.07, 6.45) is 2.29. The second kappa shape index (κ2) is 13.2. The standard InChI is InChI=1S/C29H33N3O4S.ClH/c1-3-34-18-20-5-4-6-25(31-29(33)27-17-28-26(32(27)2)13-16-37-28)24(20)19-35-21-7-9-22(10-8-21)36-23-11-14-30-15-12-23;/h4-10,13,16-17,23,30H,3,11-12,14-15,18-19H2,1-2H3,(H,31,33);1H. The van der Waals surface area contributed by atoms with Crippen LogP contribution in [-0.2, 0) is 25.0 Å². The fourth-order valence-corrected chi connectivity index (χ4v) is 5.45. The largest absolute Gasteiger partial charge is 0.490 e. The van der Waals surface area contributed by atoms with Crippen LogP contribution in [0.4, 0.5) is 5.69 Å². The number of fused-ring (bicyclic) bond motifs is 1. The Labute approximate surface area is 233 Å². The highest BCUT2D eigenvalue weighted by molar-refractivity contribution is 7.17. The lowest BCUT2D eigenvalue weighted by molar-refractivity contribution is 0.101. The smallest absolute Gasteiger partial charge is 0.272 e. The molecule has 1 fully saturated rings. The molecule has 9 heteroatoms. The van der Waals surface area contributed by atoms with E-state index in [0.717, 1.165) is 64.5 Å². The molecule has 2 aromatic carbocycles. The van der Waals surface area contributed by atoms with Crippen LogP contribution in [0.3, 0.4) is 0 Å². The SMILES string of the molecule is CCOCc1cccc(NC(=O)c2cc3sccc3n2C)c1COc1ccc(OC2CCNCC2)cc1.Cl. The molecule has 202 valence electrons. The highest BCUT2D eigenvalue weighted by atomic mass is 35.5. The van der Waals surface area contributed by atoms with Gasteiger partial charge in [0, 0.05) is 24.9 Å². The summed E-state index contributed by atoms with van der Waals surface area (Å²) in [6.45, 7) is 5.31. The highest BCUT2D eigenvalue weighted by Crippen LogP contribution is 2.28. The van der Waals surface area contributed by atoms with Gasteiger partial charge in [0.15, 0.2) is 0 Å². The Hall–Kier alpha value is -3.04. The summed E-state index contributed by atoms with van der Waals surface area (Å²) in [4.78, 5) is 13.2. The lowest BCUT2D eigenvalue weighted by atomic mass is 10.1. The lowest BCUT2D eigenvalue weighted by Gasteiger charge is -2.23. The van der Waals surface area contributed by atoms with Crippen molar-refractivity contribution in [3.8, 4) is 11.5 Å². The first-order valence-corrected chi connectivity index (χ1v) is 13.6. The number of aromatic nitrogens is 1. The Bertz CT molecular complexity index is 1350. The summed E-state index contributed by atoms with van der Waals surface area (Å²) in [5.41, 5.74) is 4.27. The molecule has 2 aromatic heterocycles. The van der Waals surface area contributed by atoms with Crippen LogP contribution in [0.5, 0.6) is 11.5 Å². The Morgan fingerprint density at radius 1 is 1.08 bits per heavy atom. The number of amides is 1. The van der Waals surface area contributed by atoms with E-state index in [2.05, 4.69) is 10.6 Å². The number of aryl methyl sites for hydroxylation is 1. The number of ether oxygens (including phenoxy) is 3. The zero-order valence-corrected chi connectivity index (χ0v) is 23.3. The van der Waals surface area contributed by atoms with Gasteiger partial charge in [-0.3, -0.25) is 4.79 Å². The third-order valence-electron chi connectivity index (χ3n) is 6.68. The Morgan fingerprint density at radius 2 is 1.84 bits per heavy atom. The maximum atomic E-state index is 13.2. The number of halogens is 1. The molecule has 0 saturated carbocycles. The average Bonchev–Trinajstić information content (AvgIpc) is 3.51. The lowest BCUT2D eigenvalue weighted by Crippen LogP contribution is -2.34. The third-order valence-corrected chi connectivity index (χ3v) is 7.53. The van der Waals surface area contributed by atoms with Gasteiger partial charge < -0.3 is 29.4 Å². The highest BCUT2D eigenvalue weighted by Gasteiger charge is 2.18. The third kappa shape index (κ3) is 6.50. The van der Waals surface area contributed by atoms with Crippen molar-refractivity contribution in [2.45, 2.75) is 39.1 Å². The molecule has 0 spiro atoms. The molecular weight excluding hydrogens is 522 g/mol. The van der Waals surface area contributed by atoms with E-state index < -0.39 is 0 Å². The van der Waals surface area contributed by atoms with Crippen molar-refractivity contribution in [2.24, 2.45) is 7.05 Å². The molecular formula is C29H34ClN3O4S. The predicted molar refractivity (Wildman–Crippen MR) is 155 cm³/mol. The molecule has 0 unspecified atom stereocenters. The Kier molecular flexibility index (Phi) is 9.69. The maximum Gasteiger partial charge on any atom is 0.272 e. The maximum absolute atomic E-state index is 13.2. The summed E-state index contributed by atoms with van der Waals surface area (Å²) in [7, 11) is 1.91. The quantitative estimate of drug-likeness (QED) is 0.245. The molecule has 3 heterocycles. The van der Waals surface area contributed by atoms with Crippen LogP contribution in [0.1, 0.15) is 41.4 Å². The minimum Gasteiger partial charge on any atom is -0.490 e. The number of carbonyl (C=O) groups excluding carboxylic acids is 1. The van der Waals surface area contributed by atoms with E-state index in [9.17, 15) is 4.79 Å². The second-order valence-electron chi connectivity index (χ2n) is 9.12. The zero-order chi connectivity index (χ0) is 25.6. The average molecular weight is 556 g/mol. The molecule has 7 nitrogen and oxygen atoms in total. The summed E-state index contributed by atoms with van der Waals surface area (Å²) >= 11 is 1.63. The molecule has 1 amide bonds. The number of carbonyl (C=O) groups is 1. The normalized spacial score (nSPS) is 13.7. The number of hydrogen-bond acceptors (Lipinski definition) is 6. The van der Waals surface area contributed by atoms with Crippen LogP contribution in [-0.4, -0.2) is 36.3 Å². The molecule has 1 aliphatic rings. The van der Waals surface area contributed by atoms with Crippen LogP contribution in [0.15, 0.2) is 60.0 Å². The molecule has 0 radical (unpaired) electrons. The van der Waals surface area contributed by atoms with Gasteiger partial charge in [-0.2, -0.15) is 0 Å². The molecule has 2 N–H and O–H groups in total. The molecule has 4 aromatic rings. The number of rotatable bonds is 10. The van der Waals surface area contributed by atoms with Crippen LogP contribution in [0.25, 0.3) is 10.2 Å². The first-order valence-electron chi connectivity index (χ1n) is 12.8. The molecule has 0 aliphatic carbocycles. The summed E-state index contributed by atoms with van der Waals surface area (Å²) in [5.74, 6) is 1.44. The van der Waals surface area contributed by atoms with E-state index in [0.29, 0.717) is 25.5 Å². The zero-order valence-electron chi connectivity index (χ0n) is 21.7. The minimum atomic E-state index is -0.153. The van der Waals surface area contributed by atoms with Gasteiger partial charge in [0.05, 0.1) is 16.8 Å². The van der Waals surface area contributed by atoms with Gasteiger partial charge in [-0.15, -0.1) is 23.7 Å². The van der Waals surface area contributed by atoms with Gasteiger partial charge in [0.25, 0.3) is 5.91 Å². The molecule has 1 saturated heterocycles. The van der Waals surface area contributed by atoms with E-state index in [4.69, 9.17) is 14.2 Å². The first kappa shape index (κ1) is 28.0. The van der Waals surface area contributed by atoms with Crippen molar-refractivity contribution in [1.82, 2.24) is 9.88 Å². The number of piperidine rings is 1. The number of benzene rings is 2. The topological polar surface area (TPSA) is 73.8 Å². The summed E-state index contributed by atoms with van der Waals surface area (Å²) in [5, 5.41) is 8.50. The summed E-state index contributed by atoms with van der Waals surface area (Å²) < 4.78 is 21.0. The number of hydrogen-bond donors (Lipinski definition) is 2. The molecule has 1 aliphatic heterocycles. The fraction of sp³-hybridized carbons (Fsp3) is 0.345. The van der Waals surface area contributed by atoms with Gasteiger partial charge in [-0.05, 0) is 86.3 Å². The summed E-state index contributed by atoms with van der Waals surface area (Å²) in [6, 6.07) is 17.6.